The number of thioether (sulfide) groups is 1. The highest BCUT2D eigenvalue weighted by atomic mass is 32.2. The summed E-state index contributed by atoms with van der Waals surface area (Å²) in [5, 5.41) is 91.2. The van der Waals surface area contributed by atoms with Crippen LogP contribution >= 0.6 is 47.2 Å². The molecule has 0 spiro atoms. The molecular weight excluding hydrogens is 1050 g/mol. The Balaban J connectivity index is 1.28. The van der Waals surface area contributed by atoms with Crippen LogP contribution in [-0.4, -0.2) is 90.1 Å². The first-order chi connectivity index (χ1) is 34.1. The summed E-state index contributed by atoms with van der Waals surface area (Å²) in [5.41, 5.74) is 1.13. The number of pyridine rings is 1. The van der Waals surface area contributed by atoms with Crippen molar-refractivity contribution in [2.24, 2.45) is 30.7 Å². The molecule has 0 atom stereocenters. The second kappa shape index (κ2) is 23.5. The Kier molecular flexibility index (Phi) is 17.4. The number of aromatic nitrogens is 4. The van der Waals surface area contributed by atoms with Crippen LogP contribution in [0.1, 0.15) is 36.5 Å². The number of hydrogen-bond acceptors (Lipinski definition) is 27. The molecule has 0 aliphatic heterocycles. The molecule has 0 saturated heterocycles. The van der Waals surface area contributed by atoms with Crippen molar-refractivity contribution in [2.45, 2.75) is 47.2 Å². The molecule has 32 heteroatoms. The number of aromatic hydroxyl groups is 2. The SMILES string of the molecule is CCCc1c(N=Nc2ccc3c(O)c(N=Nc4cc(C)c(N=Nc5nnc(SCCSOOO)s5)cc4OCCCS(=O)(=O)O)c(SOOO)cc3c2S(=O)(=O)O)c(O)n2c(nc3ccccc32)c1C#N. The highest BCUT2D eigenvalue weighted by Gasteiger charge is 2.27. The maximum atomic E-state index is 13.2. The lowest BCUT2D eigenvalue weighted by molar-refractivity contribution is -0.432. The minimum atomic E-state index is -5.24. The average molecular weight is 1090 g/mol. The Morgan fingerprint density at radius 1 is 0.859 bits per heavy atom. The normalized spacial score (nSPS) is 12.5. The second-order valence-corrected chi connectivity index (χ2v) is 21.0. The zero-order valence-electron chi connectivity index (χ0n) is 36.4. The number of para-hydroxylation sites is 2. The van der Waals surface area contributed by atoms with Crippen molar-refractivity contribution in [3.05, 3.63) is 71.3 Å². The van der Waals surface area contributed by atoms with Crippen LogP contribution in [0, 0.1) is 18.3 Å². The van der Waals surface area contributed by atoms with Gasteiger partial charge in [-0.25, -0.2) is 15.5 Å². The Bertz CT molecular complexity index is 3500. The average Bonchev–Trinajstić information content (AvgIpc) is 3.96. The van der Waals surface area contributed by atoms with Gasteiger partial charge in [0.05, 0.1) is 46.0 Å². The van der Waals surface area contributed by atoms with Gasteiger partial charge in [-0.2, -0.15) is 22.1 Å². The molecule has 0 aliphatic carbocycles. The van der Waals surface area contributed by atoms with E-state index in [1.165, 1.54) is 34.4 Å². The Labute approximate surface area is 417 Å². The highest BCUT2D eigenvalue weighted by Crippen LogP contribution is 2.49. The number of nitriles is 1. The fourth-order valence-corrected chi connectivity index (χ4v) is 10.7. The van der Waals surface area contributed by atoms with E-state index in [0.29, 0.717) is 38.9 Å². The van der Waals surface area contributed by atoms with Crippen molar-refractivity contribution in [2.75, 3.05) is 23.9 Å². The number of imidazole rings is 1. The number of nitrogens with zero attached hydrogens (tertiary/aromatic N) is 11. The third kappa shape index (κ3) is 12.5. The molecule has 0 aliphatic rings. The first kappa shape index (κ1) is 52.8. The van der Waals surface area contributed by atoms with Crippen LogP contribution in [0.2, 0.25) is 0 Å². The van der Waals surface area contributed by atoms with E-state index in [1.807, 2.05) is 6.92 Å². The standard InChI is InChI=1S/C39H35N11O15S6/c1-3-7-21-24(19-40)36-41-25-8-4-5-9-29(25)50(36)37(52)32(21)45-42-26-11-10-22-23(35(26)71(58,59)60)17-31(69-65-63-54)33(34(22)51)46-44-28-16-20(2)27(18-30(28)61-12-6-15-70(55,56)57)43-47-38-48-49-39(68-38)66-13-14-67-64-62-53/h4-5,8-11,16-18,51-54H,3,6-7,12-15H2,1-2H3,(H,55,56,57)(H,58,59,60). The summed E-state index contributed by atoms with van der Waals surface area (Å²) in [4.78, 5) is 3.43. The van der Waals surface area contributed by atoms with Crippen molar-refractivity contribution >= 4 is 128 Å². The molecule has 0 amide bonds. The summed E-state index contributed by atoms with van der Waals surface area (Å²) in [6, 6.07) is 15.3. The lowest BCUT2D eigenvalue weighted by Crippen LogP contribution is -2.08. The largest absolute Gasteiger partial charge is 0.505 e. The number of aryl methyl sites for hydroxylation is 1. The van der Waals surface area contributed by atoms with E-state index >= 15 is 0 Å². The Hall–Kier alpha value is -6.03. The van der Waals surface area contributed by atoms with Crippen LogP contribution in [0.3, 0.4) is 0 Å². The van der Waals surface area contributed by atoms with Crippen LogP contribution in [0.5, 0.6) is 17.4 Å². The van der Waals surface area contributed by atoms with Crippen molar-refractivity contribution in [3.63, 3.8) is 0 Å². The van der Waals surface area contributed by atoms with Crippen molar-refractivity contribution < 1.29 is 70.1 Å². The lowest BCUT2D eigenvalue weighted by atomic mass is 10.0. The van der Waals surface area contributed by atoms with E-state index in [9.17, 15) is 41.4 Å². The van der Waals surface area contributed by atoms with Crippen molar-refractivity contribution in [1.29, 1.82) is 5.26 Å². The molecule has 0 unspecified atom stereocenters. The predicted octanol–water partition coefficient (Wildman–Crippen LogP) is 10.8. The molecule has 0 fully saturated rings. The van der Waals surface area contributed by atoms with Gasteiger partial charge in [-0.05, 0) is 61.7 Å². The number of hydrogen-bond donors (Lipinski definition) is 6. The maximum Gasteiger partial charge on any atom is 0.297 e. The fourth-order valence-electron chi connectivity index (χ4n) is 6.77. The maximum absolute atomic E-state index is 13.2. The van der Waals surface area contributed by atoms with Gasteiger partial charge in [0.1, 0.15) is 39.3 Å². The van der Waals surface area contributed by atoms with Crippen LogP contribution in [0.4, 0.5) is 33.6 Å². The van der Waals surface area contributed by atoms with E-state index in [0.717, 1.165) is 35.5 Å². The van der Waals surface area contributed by atoms with Gasteiger partial charge in [0, 0.05) is 46.0 Å². The molecule has 7 aromatic rings. The lowest BCUT2D eigenvalue weighted by Gasteiger charge is -2.14. The van der Waals surface area contributed by atoms with Gasteiger partial charge in [-0.1, -0.05) is 58.7 Å². The van der Waals surface area contributed by atoms with Crippen LogP contribution < -0.4 is 4.74 Å². The summed E-state index contributed by atoms with van der Waals surface area (Å²) >= 11 is 3.61. The molecule has 4 aromatic carbocycles. The Morgan fingerprint density at radius 2 is 1.61 bits per heavy atom. The molecule has 0 radical (unpaired) electrons. The number of phenolic OH excluding ortho intramolecular Hbond substituents is 1. The van der Waals surface area contributed by atoms with Crippen LogP contribution in [0.25, 0.3) is 27.5 Å². The van der Waals surface area contributed by atoms with E-state index < -0.39 is 48.2 Å². The summed E-state index contributed by atoms with van der Waals surface area (Å²) in [7, 11) is -9.57. The molecule has 26 nitrogen and oxygen atoms in total. The van der Waals surface area contributed by atoms with Gasteiger partial charge in [0.2, 0.25) is 5.88 Å². The van der Waals surface area contributed by atoms with Gasteiger partial charge in [0.15, 0.2) is 21.4 Å². The first-order valence-electron chi connectivity index (χ1n) is 20.1. The predicted molar refractivity (Wildman–Crippen MR) is 257 cm³/mol. The minimum absolute atomic E-state index is 0.00681. The van der Waals surface area contributed by atoms with Gasteiger partial charge in [-0.3, -0.25) is 13.5 Å². The molecule has 3 heterocycles. The van der Waals surface area contributed by atoms with Gasteiger partial charge >= 0.3 is 0 Å². The fraction of sp³-hybridized carbons (Fsp3) is 0.231. The smallest absolute Gasteiger partial charge is 0.297 e. The zero-order valence-corrected chi connectivity index (χ0v) is 41.3. The summed E-state index contributed by atoms with van der Waals surface area (Å²) in [6.07, 6.45) is 0.581. The van der Waals surface area contributed by atoms with Gasteiger partial charge in [0.25, 0.3) is 25.4 Å². The van der Waals surface area contributed by atoms with Gasteiger partial charge < -0.3 is 14.9 Å². The number of fused-ring (bicyclic) bond motifs is 4. The molecule has 0 saturated carbocycles. The Morgan fingerprint density at radius 3 is 2.34 bits per heavy atom. The number of phenols is 1. The third-order valence-electron chi connectivity index (χ3n) is 9.69. The number of benzene rings is 4. The molecule has 6 N–H and O–H groups in total. The number of rotatable bonds is 23. The van der Waals surface area contributed by atoms with Crippen molar-refractivity contribution in [1.82, 2.24) is 19.6 Å². The molecule has 3 aromatic heterocycles. The van der Waals surface area contributed by atoms with Crippen LogP contribution in [0.15, 0.2) is 99.4 Å². The minimum Gasteiger partial charge on any atom is -0.505 e. The van der Waals surface area contributed by atoms with Crippen molar-refractivity contribution in [3.8, 4) is 23.4 Å². The number of ether oxygens (including phenoxy) is 1. The zero-order chi connectivity index (χ0) is 50.9. The summed E-state index contributed by atoms with van der Waals surface area (Å²) < 4.78 is 85.9. The second-order valence-electron chi connectivity index (χ2n) is 14.3. The number of azo groups is 3. The van der Waals surface area contributed by atoms with E-state index in [1.54, 1.807) is 31.2 Å². The first-order valence-corrected chi connectivity index (χ1v) is 26.6. The third-order valence-corrected chi connectivity index (χ3v) is 14.8. The highest BCUT2D eigenvalue weighted by molar-refractivity contribution is 8.02. The topological polar surface area (TPSA) is 377 Å². The quantitative estimate of drug-likeness (QED) is 0.00659. The molecule has 372 valence electrons. The summed E-state index contributed by atoms with van der Waals surface area (Å²) in [6.45, 7) is 3.23. The summed E-state index contributed by atoms with van der Waals surface area (Å²) in [5.74, 6) is -0.827. The van der Waals surface area contributed by atoms with E-state index in [-0.39, 0.29) is 97.6 Å². The molecule has 7 rings (SSSR count). The van der Waals surface area contributed by atoms with Crippen LogP contribution in [-0.2, 0) is 45.4 Å². The molecule has 71 heavy (non-hydrogen) atoms. The van der Waals surface area contributed by atoms with Gasteiger partial charge in [-0.15, -0.1) is 49.6 Å². The van der Waals surface area contributed by atoms with E-state index in [4.69, 9.17) is 15.3 Å². The monoisotopic (exact) mass is 1090 g/mol. The molecule has 0 bridgehead atoms. The van der Waals surface area contributed by atoms with E-state index in [2.05, 4.69) is 70.7 Å². The molecular formula is C39H35N11O15S6.